The van der Waals surface area contributed by atoms with E-state index in [0.717, 1.165) is 24.6 Å². The van der Waals surface area contributed by atoms with Crippen molar-refractivity contribution in [3.63, 3.8) is 0 Å². The van der Waals surface area contributed by atoms with Gasteiger partial charge >= 0.3 is 0 Å². The van der Waals surface area contributed by atoms with E-state index in [1.54, 1.807) is 0 Å². The van der Waals surface area contributed by atoms with Crippen LogP contribution in [0.1, 0.15) is 32.3 Å². The summed E-state index contributed by atoms with van der Waals surface area (Å²) in [5.41, 5.74) is 8.13. The van der Waals surface area contributed by atoms with Gasteiger partial charge in [-0.05, 0) is 56.9 Å². The summed E-state index contributed by atoms with van der Waals surface area (Å²) in [7, 11) is 2.21. The zero-order valence-corrected chi connectivity index (χ0v) is 11.4. The molecule has 0 fully saturated rings. The predicted octanol–water partition coefficient (Wildman–Crippen LogP) is 3.18. The third-order valence-corrected chi connectivity index (χ3v) is 3.13. The highest BCUT2D eigenvalue weighted by molar-refractivity contribution is 5.46. The number of hydrogen-bond acceptors (Lipinski definition) is 2. The summed E-state index contributed by atoms with van der Waals surface area (Å²) in [4.78, 5) is 2.42. The Morgan fingerprint density at radius 2 is 1.88 bits per heavy atom. The second kappa shape index (κ2) is 7.33. The molecular formula is C15H26N2. The lowest BCUT2D eigenvalue weighted by Crippen LogP contribution is -2.22. The Bertz CT molecular complexity index is 320. The third kappa shape index (κ3) is 5.73. The van der Waals surface area contributed by atoms with E-state index < -0.39 is 0 Å². The second-order valence-corrected chi connectivity index (χ2v) is 5.29. The van der Waals surface area contributed by atoms with Gasteiger partial charge in [-0.2, -0.15) is 0 Å². The van der Waals surface area contributed by atoms with E-state index in [0.29, 0.717) is 0 Å². The monoisotopic (exact) mass is 234 g/mol. The van der Waals surface area contributed by atoms with Gasteiger partial charge in [0.2, 0.25) is 0 Å². The minimum Gasteiger partial charge on any atom is -0.399 e. The van der Waals surface area contributed by atoms with Gasteiger partial charge < -0.3 is 10.6 Å². The largest absolute Gasteiger partial charge is 0.399 e. The van der Waals surface area contributed by atoms with Crippen molar-refractivity contribution >= 4 is 5.69 Å². The molecular weight excluding hydrogens is 208 g/mol. The van der Waals surface area contributed by atoms with Crippen LogP contribution in [0.25, 0.3) is 0 Å². The van der Waals surface area contributed by atoms with Gasteiger partial charge in [-0.3, -0.25) is 0 Å². The molecule has 0 saturated carbocycles. The van der Waals surface area contributed by atoms with Gasteiger partial charge in [-0.25, -0.2) is 0 Å². The van der Waals surface area contributed by atoms with Crippen molar-refractivity contribution in [2.45, 2.75) is 33.1 Å². The van der Waals surface area contributed by atoms with Crippen molar-refractivity contribution in [3.8, 4) is 0 Å². The first-order valence-electron chi connectivity index (χ1n) is 6.61. The maximum absolute atomic E-state index is 5.92. The first-order valence-corrected chi connectivity index (χ1v) is 6.61. The van der Waals surface area contributed by atoms with Gasteiger partial charge in [-0.1, -0.05) is 32.0 Å². The SMILES string of the molecule is CC(C)CCN(C)CCCc1ccccc1N. The lowest BCUT2D eigenvalue weighted by Gasteiger charge is -2.17. The van der Waals surface area contributed by atoms with Gasteiger partial charge in [0.1, 0.15) is 0 Å². The highest BCUT2D eigenvalue weighted by atomic mass is 15.1. The number of aryl methyl sites for hydroxylation is 1. The Balaban J connectivity index is 2.21. The molecule has 96 valence electrons. The fourth-order valence-electron chi connectivity index (χ4n) is 1.89. The number of rotatable bonds is 7. The van der Waals surface area contributed by atoms with E-state index >= 15 is 0 Å². The number of anilines is 1. The van der Waals surface area contributed by atoms with Crippen LogP contribution in [0.15, 0.2) is 24.3 Å². The average molecular weight is 234 g/mol. The number of nitrogen functional groups attached to an aromatic ring is 1. The topological polar surface area (TPSA) is 29.3 Å². The number of nitrogens with two attached hydrogens (primary N) is 1. The Morgan fingerprint density at radius 1 is 1.18 bits per heavy atom. The first-order chi connectivity index (χ1) is 8.09. The molecule has 0 aliphatic heterocycles. The smallest absolute Gasteiger partial charge is 0.0346 e. The van der Waals surface area contributed by atoms with Crippen LogP contribution in [-0.4, -0.2) is 25.0 Å². The number of nitrogens with zero attached hydrogens (tertiary/aromatic N) is 1. The number of para-hydroxylation sites is 1. The van der Waals surface area contributed by atoms with Crippen LogP contribution in [0.3, 0.4) is 0 Å². The van der Waals surface area contributed by atoms with Crippen LogP contribution in [0.4, 0.5) is 5.69 Å². The van der Waals surface area contributed by atoms with Crippen LogP contribution in [-0.2, 0) is 6.42 Å². The van der Waals surface area contributed by atoms with Gasteiger partial charge in [0, 0.05) is 5.69 Å². The third-order valence-electron chi connectivity index (χ3n) is 3.13. The van der Waals surface area contributed by atoms with Crippen LogP contribution in [0.5, 0.6) is 0 Å². The van der Waals surface area contributed by atoms with Crippen LogP contribution < -0.4 is 5.73 Å². The average Bonchev–Trinajstić information content (AvgIpc) is 2.29. The van der Waals surface area contributed by atoms with Gasteiger partial charge in [0.15, 0.2) is 0 Å². The molecule has 0 bridgehead atoms. The maximum atomic E-state index is 5.92. The molecule has 2 N–H and O–H groups in total. The molecule has 0 spiro atoms. The van der Waals surface area contributed by atoms with Crippen LogP contribution in [0.2, 0.25) is 0 Å². The Labute approximate surface area is 106 Å². The molecule has 0 aliphatic rings. The summed E-state index contributed by atoms with van der Waals surface area (Å²) < 4.78 is 0. The second-order valence-electron chi connectivity index (χ2n) is 5.29. The Kier molecular flexibility index (Phi) is 6.06. The number of hydrogen-bond donors (Lipinski definition) is 1. The molecule has 0 aliphatic carbocycles. The van der Waals surface area contributed by atoms with Crippen molar-refractivity contribution < 1.29 is 0 Å². The number of benzene rings is 1. The quantitative estimate of drug-likeness (QED) is 0.734. The fraction of sp³-hybridized carbons (Fsp3) is 0.600. The normalized spacial score (nSPS) is 11.4. The summed E-state index contributed by atoms with van der Waals surface area (Å²) in [6, 6.07) is 8.17. The molecule has 0 unspecified atom stereocenters. The van der Waals surface area contributed by atoms with E-state index in [-0.39, 0.29) is 0 Å². The van der Waals surface area contributed by atoms with Crippen molar-refractivity contribution in [2.24, 2.45) is 5.92 Å². The van der Waals surface area contributed by atoms with Crippen molar-refractivity contribution in [2.75, 3.05) is 25.9 Å². The molecule has 17 heavy (non-hydrogen) atoms. The first kappa shape index (κ1) is 14.0. The minimum absolute atomic E-state index is 0.794. The molecule has 0 radical (unpaired) electrons. The van der Waals surface area contributed by atoms with Crippen molar-refractivity contribution in [1.29, 1.82) is 0 Å². The molecule has 1 aromatic carbocycles. The molecule has 2 heteroatoms. The molecule has 0 heterocycles. The van der Waals surface area contributed by atoms with E-state index in [4.69, 9.17) is 5.73 Å². The fourth-order valence-corrected chi connectivity index (χ4v) is 1.89. The van der Waals surface area contributed by atoms with Crippen molar-refractivity contribution in [1.82, 2.24) is 4.90 Å². The van der Waals surface area contributed by atoms with Gasteiger partial charge in [0.25, 0.3) is 0 Å². The Morgan fingerprint density at radius 3 is 2.53 bits per heavy atom. The molecule has 0 atom stereocenters. The summed E-state index contributed by atoms with van der Waals surface area (Å²) in [6.07, 6.45) is 3.55. The zero-order chi connectivity index (χ0) is 12.7. The molecule has 0 saturated heterocycles. The molecule has 0 aromatic heterocycles. The van der Waals surface area contributed by atoms with Gasteiger partial charge in [0.05, 0.1) is 0 Å². The van der Waals surface area contributed by atoms with Crippen LogP contribution in [0, 0.1) is 5.92 Å². The lowest BCUT2D eigenvalue weighted by molar-refractivity contribution is 0.307. The van der Waals surface area contributed by atoms with Crippen LogP contribution >= 0.6 is 0 Å². The van der Waals surface area contributed by atoms with Gasteiger partial charge in [-0.15, -0.1) is 0 Å². The summed E-state index contributed by atoms with van der Waals surface area (Å²) in [5.74, 6) is 0.794. The predicted molar refractivity (Wildman–Crippen MR) is 76.1 cm³/mol. The Hall–Kier alpha value is -1.02. The standard InChI is InChI=1S/C15H26N2/c1-13(2)10-12-17(3)11-6-8-14-7-4-5-9-15(14)16/h4-5,7,9,13H,6,8,10-12,16H2,1-3H3. The van der Waals surface area contributed by atoms with E-state index in [9.17, 15) is 0 Å². The lowest BCUT2D eigenvalue weighted by atomic mass is 10.1. The summed E-state index contributed by atoms with van der Waals surface area (Å²) in [6.45, 7) is 6.90. The summed E-state index contributed by atoms with van der Waals surface area (Å²) >= 11 is 0. The zero-order valence-electron chi connectivity index (χ0n) is 11.4. The molecule has 1 rings (SSSR count). The van der Waals surface area contributed by atoms with E-state index in [2.05, 4.69) is 37.9 Å². The maximum Gasteiger partial charge on any atom is 0.0346 e. The highest BCUT2D eigenvalue weighted by Crippen LogP contribution is 2.12. The molecule has 1 aromatic rings. The molecule has 0 amide bonds. The van der Waals surface area contributed by atoms with E-state index in [1.807, 2.05) is 12.1 Å². The summed E-state index contributed by atoms with van der Waals surface area (Å²) in [5, 5.41) is 0. The molecule has 2 nitrogen and oxygen atoms in total. The van der Waals surface area contributed by atoms with Crippen molar-refractivity contribution in [3.05, 3.63) is 29.8 Å². The minimum atomic E-state index is 0.794. The highest BCUT2D eigenvalue weighted by Gasteiger charge is 2.02. The van der Waals surface area contributed by atoms with E-state index in [1.165, 1.54) is 24.9 Å².